The van der Waals surface area contributed by atoms with Crippen LogP contribution < -0.4 is 15.1 Å². The number of hydrogen-bond acceptors (Lipinski definition) is 4. The van der Waals surface area contributed by atoms with Crippen molar-refractivity contribution < 1.29 is 18.7 Å². The van der Waals surface area contributed by atoms with E-state index in [-0.39, 0.29) is 24.8 Å². The molecule has 1 N–H and O–H groups in total. The first-order valence-corrected chi connectivity index (χ1v) is 11.1. The van der Waals surface area contributed by atoms with Crippen LogP contribution in [0.15, 0.2) is 71.8 Å². The maximum atomic E-state index is 13.8. The molecule has 0 spiro atoms. The quantitative estimate of drug-likeness (QED) is 0.388. The smallest absolute Gasteiger partial charge is 0.245 e. The number of benzene rings is 3. The largest absolute Gasteiger partial charge is 0.489 e. The van der Waals surface area contributed by atoms with Gasteiger partial charge in [0.2, 0.25) is 11.8 Å². The minimum atomic E-state index is -0.466. The Labute approximate surface area is 202 Å². The summed E-state index contributed by atoms with van der Waals surface area (Å²) in [5.74, 6) is -0.729. The van der Waals surface area contributed by atoms with Gasteiger partial charge in [-0.25, -0.2) is 9.82 Å². The lowest BCUT2D eigenvalue weighted by molar-refractivity contribution is -0.126. The molecule has 2 amide bonds. The van der Waals surface area contributed by atoms with E-state index in [2.05, 4.69) is 10.5 Å². The summed E-state index contributed by atoms with van der Waals surface area (Å²) < 4.78 is 19.4. The van der Waals surface area contributed by atoms with Crippen molar-refractivity contribution in [2.24, 2.45) is 11.0 Å². The van der Waals surface area contributed by atoms with Gasteiger partial charge < -0.3 is 9.64 Å². The third kappa shape index (κ3) is 5.61. The van der Waals surface area contributed by atoms with Crippen LogP contribution in [0.3, 0.4) is 0 Å². The molecule has 0 radical (unpaired) electrons. The lowest BCUT2D eigenvalue weighted by Gasteiger charge is -2.16. The van der Waals surface area contributed by atoms with Gasteiger partial charge in [-0.15, -0.1) is 0 Å². The Morgan fingerprint density at radius 3 is 2.62 bits per heavy atom. The second-order valence-corrected chi connectivity index (χ2v) is 8.44. The molecule has 0 aliphatic carbocycles. The van der Waals surface area contributed by atoms with Gasteiger partial charge in [0.05, 0.1) is 17.2 Å². The van der Waals surface area contributed by atoms with Crippen LogP contribution in [-0.4, -0.2) is 24.6 Å². The molecule has 1 heterocycles. The summed E-state index contributed by atoms with van der Waals surface area (Å²) in [6.07, 6.45) is 1.65. The van der Waals surface area contributed by atoms with E-state index in [1.807, 2.05) is 31.2 Å². The minimum absolute atomic E-state index is 0.00865. The van der Waals surface area contributed by atoms with Crippen LogP contribution in [0, 0.1) is 18.7 Å². The maximum Gasteiger partial charge on any atom is 0.245 e. The standard InChI is InChI=1S/C26H23ClFN3O3/c1-17-5-9-20(10-6-17)31-15-19(13-25(31)32)26(33)30-29-14-18-7-11-21(12-8-18)34-16-22-23(27)3-2-4-24(22)28/h2-12,14,19H,13,15-16H2,1H3,(H,30,33)/b29-14+/t19-/m0/s1. The highest BCUT2D eigenvalue weighted by molar-refractivity contribution is 6.31. The lowest BCUT2D eigenvalue weighted by Crippen LogP contribution is -2.30. The molecule has 4 rings (SSSR count). The van der Waals surface area contributed by atoms with E-state index in [0.29, 0.717) is 22.9 Å². The van der Waals surface area contributed by atoms with Crippen molar-refractivity contribution in [3.63, 3.8) is 0 Å². The number of hydrogen-bond donors (Lipinski definition) is 1. The van der Waals surface area contributed by atoms with Crippen LogP contribution in [0.5, 0.6) is 5.75 Å². The predicted molar refractivity (Wildman–Crippen MR) is 130 cm³/mol. The third-order valence-electron chi connectivity index (χ3n) is 5.55. The maximum absolute atomic E-state index is 13.8. The van der Waals surface area contributed by atoms with Crippen molar-refractivity contribution in [2.75, 3.05) is 11.4 Å². The normalized spacial score (nSPS) is 15.7. The highest BCUT2D eigenvalue weighted by Gasteiger charge is 2.35. The Morgan fingerprint density at radius 2 is 1.91 bits per heavy atom. The van der Waals surface area contributed by atoms with Crippen LogP contribution in [0.1, 0.15) is 23.1 Å². The Hall–Kier alpha value is -3.71. The average Bonchev–Trinajstić information content (AvgIpc) is 3.22. The van der Waals surface area contributed by atoms with Gasteiger partial charge in [-0.1, -0.05) is 35.4 Å². The first-order chi connectivity index (χ1) is 16.4. The molecule has 1 atom stereocenters. The van der Waals surface area contributed by atoms with Gasteiger partial charge in [-0.2, -0.15) is 5.10 Å². The minimum Gasteiger partial charge on any atom is -0.489 e. The van der Waals surface area contributed by atoms with Gasteiger partial charge in [0.1, 0.15) is 18.2 Å². The van der Waals surface area contributed by atoms with Gasteiger partial charge in [0.25, 0.3) is 0 Å². The highest BCUT2D eigenvalue weighted by atomic mass is 35.5. The molecule has 0 bridgehead atoms. The molecule has 3 aromatic rings. The third-order valence-corrected chi connectivity index (χ3v) is 5.91. The fourth-order valence-corrected chi connectivity index (χ4v) is 3.81. The second-order valence-electron chi connectivity index (χ2n) is 8.03. The monoisotopic (exact) mass is 479 g/mol. The zero-order chi connectivity index (χ0) is 24.1. The molecule has 0 aromatic heterocycles. The molecule has 1 saturated heterocycles. The number of hydrazone groups is 1. The van der Waals surface area contributed by atoms with Crippen molar-refractivity contribution in [2.45, 2.75) is 20.0 Å². The Bertz CT molecular complexity index is 1190. The zero-order valence-electron chi connectivity index (χ0n) is 18.5. The summed E-state index contributed by atoms with van der Waals surface area (Å²) in [4.78, 5) is 26.5. The predicted octanol–water partition coefficient (Wildman–Crippen LogP) is 4.87. The van der Waals surface area contributed by atoms with E-state index in [1.165, 1.54) is 12.3 Å². The summed E-state index contributed by atoms with van der Waals surface area (Å²) in [5.41, 5.74) is 5.44. The average molecular weight is 480 g/mol. The topological polar surface area (TPSA) is 71.0 Å². The van der Waals surface area contributed by atoms with Gasteiger partial charge in [-0.05, 0) is 61.0 Å². The number of nitrogens with one attached hydrogen (secondary N) is 1. The van der Waals surface area contributed by atoms with Crippen molar-refractivity contribution in [3.8, 4) is 5.75 Å². The number of rotatable bonds is 7. The number of amides is 2. The van der Waals surface area contributed by atoms with E-state index < -0.39 is 11.7 Å². The number of carbonyl (C=O) groups is 2. The fourth-order valence-electron chi connectivity index (χ4n) is 3.60. The number of nitrogens with zero attached hydrogens (tertiary/aromatic N) is 2. The molecule has 0 unspecified atom stereocenters. The van der Waals surface area contributed by atoms with E-state index in [0.717, 1.165) is 16.8 Å². The van der Waals surface area contributed by atoms with Gasteiger partial charge >= 0.3 is 0 Å². The number of carbonyl (C=O) groups excluding carboxylic acids is 2. The van der Waals surface area contributed by atoms with Crippen molar-refractivity contribution in [1.82, 2.24) is 5.43 Å². The molecule has 174 valence electrons. The molecular weight excluding hydrogens is 457 g/mol. The van der Waals surface area contributed by atoms with Crippen LogP contribution in [0.4, 0.5) is 10.1 Å². The molecule has 34 heavy (non-hydrogen) atoms. The summed E-state index contributed by atoms with van der Waals surface area (Å²) in [7, 11) is 0. The van der Waals surface area contributed by atoms with E-state index >= 15 is 0 Å². The number of anilines is 1. The Morgan fingerprint density at radius 1 is 1.18 bits per heavy atom. The number of halogens is 2. The van der Waals surface area contributed by atoms with Crippen LogP contribution >= 0.6 is 11.6 Å². The first kappa shape index (κ1) is 23.4. The van der Waals surface area contributed by atoms with E-state index in [4.69, 9.17) is 16.3 Å². The molecular formula is C26H23ClFN3O3. The lowest BCUT2D eigenvalue weighted by atomic mass is 10.1. The number of aryl methyl sites for hydroxylation is 1. The fraction of sp³-hybridized carbons (Fsp3) is 0.192. The highest BCUT2D eigenvalue weighted by Crippen LogP contribution is 2.25. The summed E-state index contributed by atoms with van der Waals surface area (Å²) in [6, 6.07) is 19.1. The molecule has 6 nitrogen and oxygen atoms in total. The molecule has 3 aromatic carbocycles. The van der Waals surface area contributed by atoms with Crippen LogP contribution in [0.2, 0.25) is 5.02 Å². The van der Waals surface area contributed by atoms with Crippen molar-refractivity contribution in [1.29, 1.82) is 0 Å². The molecule has 0 saturated carbocycles. The van der Waals surface area contributed by atoms with Gasteiger partial charge in [0.15, 0.2) is 0 Å². The first-order valence-electron chi connectivity index (χ1n) is 10.8. The summed E-state index contributed by atoms with van der Waals surface area (Å²) >= 11 is 6.01. The SMILES string of the molecule is Cc1ccc(N2C[C@@H](C(=O)N/N=C/c3ccc(OCc4c(F)cccc4Cl)cc3)CC2=O)cc1. The van der Waals surface area contributed by atoms with Gasteiger partial charge in [-0.3, -0.25) is 9.59 Å². The van der Waals surface area contributed by atoms with E-state index in [1.54, 1.807) is 41.3 Å². The number of ether oxygens (including phenoxy) is 1. The summed E-state index contributed by atoms with van der Waals surface area (Å²) in [6.45, 7) is 2.31. The summed E-state index contributed by atoms with van der Waals surface area (Å²) in [5, 5.41) is 4.32. The Kier molecular flexibility index (Phi) is 7.23. The Balaban J connectivity index is 1.28. The van der Waals surface area contributed by atoms with Crippen LogP contribution in [0.25, 0.3) is 0 Å². The molecule has 1 fully saturated rings. The molecule has 1 aliphatic rings. The molecule has 8 heteroatoms. The van der Waals surface area contributed by atoms with Crippen molar-refractivity contribution >= 4 is 35.3 Å². The second kappa shape index (κ2) is 10.5. The molecule has 1 aliphatic heterocycles. The van der Waals surface area contributed by atoms with E-state index in [9.17, 15) is 14.0 Å². The van der Waals surface area contributed by atoms with Crippen LogP contribution in [-0.2, 0) is 16.2 Å². The van der Waals surface area contributed by atoms with Gasteiger partial charge in [0, 0.05) is 24.2 Å². The van der Waals surface area contributed by atoms with Crippen molar-refractivity contribution in [3.05, 3.63) is 94.3 Å². The zero-order valence-corrected chi connectivity index (χ0v) is 19.3.